The van der Waals surface area contributed by atoms with Crippen LogP contribution in [0.3, 0.4) is 0 Å². The molecule has 2 fully saturated rings. The van der Waals surface area contributed by atoms with Gasteiger partial charge < -0.3 is 5.32 Å². The molecule has 136 valence electrons. The van der Waals surface area contributed by atoms with E-state index in [-0.39, 0.29) is 54.4 Å². The second kappa shape index (κ2) is 6.65. The minimum atomic E-state index is -0.205. The van der Waals surface area contributed by atoms with Gasteiger partial charge in [0.1, 0.15) is 0 Å². The molecule has 1 aromatic carbocycles. The van der Waals surface area contributed by atoms with Gasteiger partial charge in [0.15, 0.2) is 0 Å². The van der Waals surface area contributed by atoms with E-state index in [9.17, 15) is 14.4 Å². The van der Waals surface area contributed by atoms with Crippen molar-refractivity contribution in [1.82, 2.24) is 4.90 Å². The van der Waals surface area contributed by atoms with Crippen LogP contribution in [-0.2, 0) is 14.4 Å². The van der Waals surface area contributed by atoms with Crippen molar-refractivity contribution in [2.24, 2.45) is 23.7 Å². The number of aryl methyl sites for hydroxylation is 1. The number of hydrogen-bond acceptors (Lipinski definition) is 3. The van der Waals surface area contributed by atoms with Crippen LogP contribution < -0.4 is 5.32 Å². The van der Waals surface area contributed by atoms with E-state index >= 15 is 0 Å². The lowest BCUT2D eigenvalue weighted by Gasteiger charge is -2.38. The maximum Gasteiger partial charge on any atom is 0.233 e. The Kier molecular flexibility index (Phi) is 4.47. The first-order valence-electron chi connectivity index (χ1n) is 9.05. The van der Waals surface area contributed by atoms with Gasteiger partial charge in [0.25, 0.3) is 0 Å². The van der Waals surface area contributed by atoms with Crippen LogP contribution in [0.2, 0.25) is 0 Å². The Bertz CT molecular complexity index is 787. The number of nitrogens with one attached hydrogen (secondary N) is 1. The van der Waals surface area contributed by atoms with Gasteiger partial charge in [-0.05, 0) is 55.4 Å². The number of anilines is 1. The molecular weight excluding hydrogens is 396 g/mol. The Labute approximate surface area is 160 Å². The molecule has 4 aliphatic rings. The lowest BCUT2D eigenvalue weighted by Crippen LogP contribution is -2.38. The molecule has 1 aromatic rings. The molecule has 1 aliphatic heterocycles. The van der Waals surface area contributed by atoms with Crippen LogP contribution in [0.5, 0.6) is 0 Å². The Balaban J connectivity index is 1.39. The molecular formula is C20H21BrN2O3. The van der Waals surface area contributed by atoms with Gasteiger partial charge >= 0.3 is 0 Å². The third-order valence-corrected chi connectivity index (χ3v) is 6.74. The average Bonchev–Trinajstić information content (AvgIpc) is 2.90. The standard InChI is InChI=1S/C20H21BrN2O3/c1-11-10-14(6-7-15(11)21)22-16(24)8-9-23-19(25)17-12-2-3-13(5-4-12)18(17)20(23)26/h2-3,6-7,10,12-13,17-18H,4-5,8-9H2,1H3,(H,22,24)/t12-,13-,17+,18+/m0/s1. The second-order valence-electron chi connectivity index (χ2n) is 7.43. The summed E-state index contributed by atoms with van der Waals surface area (Å²) < 4.78 is 0.981. The van der Waals surface area contributed by atoms with Crippen molar-refractivity contribution in [3.63, 3.8) is 0 Å². The number of imide groups is 1. The zero-order chi connectivity index (χ0) is 18.4. The summed E-state index contributed by atoms with van der Waals surface area (Å²) >= 11 is 3.43. The number of likely N-dealkylation sites (tertiary alicyclic amines) is 1. The first-order chi connectivity index (χ1) is 12.5. The van der Waals surface area contributed by atoms with Crippen LogP contribution in [-0.4, -0.2) is 29.2 Å². The van der Waals surface area contributed by atoms with Crippen molar-refractivity contribution >= 4 is 39.3 Å². The summed E-state index contributed by atoms with van der Waals surface area (Å²) in [6, 6.07) is 5.58. The van der Waals surface area contributed by atoms with E-state index < -0.39 is 0 Å². The highest BCUT2D eigenvalue weighted by Crippen LogP contribution is 2.49. The topological polar surface area (TPSA) is 66.5 Å². The molecule has 1 saturated carbocycles. The molecule has 5 nitrogen and oxygen atoms in total. The van der Waals surface area contributed by atoms with E-state index in [4.69, 9.17) is 0 Å². The molecule has 6 heteroatoms. The van der Waals surface area contributed by atoms with Gasteiger partial charge in [0, 0.05) is 23.1 Å². The average molecular weight is 417 g/mol. The van der Waals surface area contributed by atoms with Crippen LogP contribution in [0.1, 0.15) is 24.8 Å². The lowest BCUT2D eigenvalue weighted by molar-refractivity contribution is -0.140. The zero-order valence-electron chi connectivity index (χ0n) is 14.6. The molecule has 3 amide bonds. The van der Waals surface area contributed by atoms with Crippen molar-refractivity contribution in [1.29, 1.82) is 0 Å². The fourth-order valence-electron chi connectivity index (χ4n) is 4.52. The Morgan fingerprint density at radius 2 is 1.77 bits per heavy atom. The first kappa shape index (κ1) is 17.5. The number of carbonyl (C=O) groups excluding carboxylic acids is 3. The third-order valence-electron chi connectivity index (χ3n) is 5.85. The maximum absolute atomic E-state index is 12.7. The highest BCUT2D eigenvalue weighted by atomic mass is 79.9. The molecule has 0 spiro atoms. The predicted octanol–water partition coefficient (Wildman–Crippen LogP) is 3.28. The summed E-state index contributed by atoms with van der Waals surface area (Å²) in [6.07, 6.45) is 6.30. The number of halogens is 1. The summed E-state index contributed by atoms with van der Waals surface area (Å²) in [5.41, 5.74) is 1.74. The third kappa shape index (κ3) is 2.90. The number of nitrogens with zero attached hydrogens (tertiary/aromatic N) is 1. The van der Waals surface area contributed by atoms with Gasteiger partial charge in [-0.2, -0.15) is 0 Å². The van der Waals surface area contributed by atoms with Crippen molar-refractivity contribution in [3.05, 3.63) is 40.4 Å². The normalized spacial score (nSPS) is 29.2. The Morgan fingerprint density at radius 1 is 1.15 bits per heavy atom. The van der Waals surface area contributed by atoms with Gasteiger partial charge in [0.2, 0.25) is 17.7 Å². The minimum absolute atomic E-state index is 0.0914. The lowest BCUT2D eigenvalue weighted by atomic mass is 9.63. The molecule has 5 rings (SSSR count). The summed E-state index contributed by atoms with van der Waals surface area (Å²) in [7, 11) is 0. The van der Waals surface area contributed by atoms with Gasteiger partial charge in [-0.1, -0.05) is 28.1 Å². The maximum atomic E-state index is 12.7. The largest absolute Gasteiger partial charge is 0.326 e. The minimum Gasteiger partial charge on any atom is -0.326 e. The molecule has 0 aromatic heterocycles. The van der Waals surface area contributed by atoms with E-state index in [0.717, 1.165) is 22.9 Å². The van der Waals surface area contributed by atoms with Gasteiger partial charge in [-0.3, -0.25) is 19.3 Å². The fraction of sp³-hybridized carbons (Fsp3) is 0.450. The Morgan fingerprint density at radius 3 is 2.31 bits per heavy atom. The predicted molar refractivity (Wildman–Crippen MR) is 101 cm³/mol. The first-order valence-corrected chi connectivity index (χ1v) is 9.84. The second-order valence-corrected chi connectivity index (χ2v) is 8.29. The van der Waals surface area contributed by atoms with Gasteiger partial charge in [-0.15, -0.1) is 0 Å². The number of rotatable bonds is 4. The monoisotopic (exact) mass is 416 g/mol. The van der Waals surface area contributed by atoms with Crippen molar-refractivity contribution < 1.29 is 14.4 Å². The molecule has 0 unspecified atom stereocenters. The molecule has 0 radical (unpaired) electrons. The van der Waals surface area contributed by atoms with Crippen LogP contribution >= 0.6 is 15.9 Å². The highest BCUT2D eigenvalue weighted by Gasteiger charge is 2.56. The number of fused-ring (bicyclic) bond motifs is 1. The molecule has 26 heavy (non-hydrogen) atoms. The fourth-order valence-corrected chi connectivity index (χ4v) is 4.76. The summed E-state index contributed by atoms with van der Waals surface area (Å²) in [6.45, 7) is 2.11. The van der Waals surface area contributed by atoms with Crippen molar-refractivity contribution in [2.75, 3.05) is 11.9 Å². The molecule has 1 N–H and O–H groups in total. The highest BCUT2D eigenvalue weighted by molar-refractivity contribution is 9.10. The van der Waals surface area contributed by atoms with E-state index in [2.05, 4.69) is 33.4 Å². The van der Waals surface area contributed by atoms with Gasteiger partial charge in [0.05, 0.1) is 11.8 Å². The number of hydrogen-bond donors (Lipinski definition) is 1. The Hall–Kier alpha value is -1.95. The SMILES string of the molecule is Cc1cc(NC(=O)CCN2C(=O)[C@H]3[C@H](C2=O)[C@H]2C=C[C@H]3CC2)ccc1Br. The number of carbonyl (C=O) groups is 3. The molecule has 4 atom stereocenters. The number of amides is 3. The van der Waals surface area contributed by atoms with Crippen LogP contribution in [0.15, 0.2) is 34.8 Å². The molecule has 3 aliphatic carbocycles. The number of allylic oxidation sites excluding steroid dienone is 2. The summed E-state index contributed by atoms with van der Waals surface area (Å²) in [4.78, 5) is 39.0. The zero-order valence-corrected chi connectivity index (χ0v) is 16.2. The van der Waals surface area contributed by atoms with E-state index in [1.54, 1.807) is 0 Å². The van der Waals surface area contributed by atoms with Crippen LogP contribution in [0.25, 0.3) is 0 Å². The molecule has 1 heterocycles. The molecule has 2 bridgehead atoms. The van der Waals surface area contributed by atoms with Gasteiger partial charge in [-0.25, -0.2) is 0 Å². The number of benzene rings is 1. The van der Waals surface area contributed by atoms with Crippen LogP contribution in [0.4, 0.5) is 5.69 Å². The summed E-state index contributed by atoms with van der Waals surface area (Å²) in [5, 5.41) is 2.83. The van der Waals surface area contributed by atoms with Crippen LogP contribution in [0, 0.1) is 30.6 Å². The quantitative estimate of drug-likeness (QED) is 0.604. The smallest absolute Gasteiger partial charge is 0.233 e. The van der Waals surface area contributed by atoms with E-state index in [0.29, 0.717) is 5.69 Å². The summed E-state index contributed by atoms with van der Waals surface area (Å²) in [5.74, 6) is -0.412. The van der Waals surface area contributed by atoms with Crippen molar-refractivity contribution in [2.45, 2.75) is 26.2 Å². The van der Waals surface area contributed by atoms with E-state index in [1.165, 1.54) is 4.90 Å². The molecule has 1 saturated heterocycles. The van der Waals surface area contributed by atoms with Crippen molar-refractivity contribution in [3.8, 4) is 0 Å². The van der Waals surface area contributed by atoms with E-state index in [1.807, 2.05) is 25.1 Å².